The van der Waals surface area contributed by atoms with Crippen molar-refractivity contribution in [3.8, 4) is 22.5 Å². The minimum absolute atomic E-state index is 0.188. The second kappa shape index (κ2) is 10.3. The van der Waals surface area contributed by atoms with Gasteiger partial charge in [-0.05, 0) is 90.0 Å². The Morgan fingerprint density at radius 3 is 1.60 bits per heavy atom. The third-order valence-electron chi connectivity index (χ3n) is 10.1. The molecule has 0 aliphatic heterocycles. The molecule has 234 valence electrons. The molecule has 0 atom stereocenters. The van der Waals surface area contributed by atoms with E-state index in [9.17, 15) is 4.79 Å². The topological polar surface area (TPSA) is 44.2 Å². The molecule has 0 aliphatic rings. The van der Waals surface area contributed by atoms with Gasteiger partial charge < -0.3 is 9.13 Å². The standard InChI is InChI=1S/C44H26N4OS/c49-43-33-14-6-9-17-38(33)48-41-23-20-30(26-42(41)50-44(48)45-43)47-37-16-8-5-13-32(37)35-25-28(19-22-40(35)47)27-18-21-39-34(24-27)31-12-4-7-15-36(31)46(39)29-10-2-1-3-11-29/h1-26H. The predicted octanol–water partition coefficient (Wildman–Crippen LogP) is 10.9. The van der Waals surface area contributed by atoms with Crippen molar-refractivity contribution in [1.29, 1.82) is 0 Å². The predicted molar refractivity (Wildman–Crippen MR) is 208 cm³/mol. The van der Waals surface area contributed by atoms with E-state index in [1.54, 1.807) is 11.3 Å². The van der Waals surface area contributed by atoms with E-state index in [4.69, 9.17) is 0 Å². The van der Waals surface area contributed by atoms with Gasteiger partial charge in [-0.1, -0.05) is 90.2 Å². The second-order valence-electron chi connectivity index (χ2n) is 12.8. The Hall–Kier alpha value is -6.50. The molecule has 50 heavy (non-hydrogen) atoms. The molecule has 0 N–H and O–H groups in total. The van der Waals surface area contributed by atoms with Crippen molar-refractivity contribution in [2.75, 3.05) is 0 Å². The summed E-state index contributed by atoms with van der Waals surface area (Å²) in [5.74, 6) is 0. The number of benzene rings is 7. The molecule has 0 unspecified atom stereocenters. The van der Waals surface area contributed by atoms with Gasteiger partial charge in [-0.3, -0.25) is 9.20 Å². The number of aromatic nitrogens is 4. The van der Waals surface area contributed by atoms with Crippen molar-refractivity contribution in [3.63, 3.8) is 0 Å². The largest absolute Gasteiger partial charge is 0.309 e. The monoisotopic (exact) mass is 658 g/mol. The van der Waals surface area contributed by atoms with E-state index < -0.39 is 0 Å². The number of hydrogen-bond donors (Lipinski definition) is 0. The average Bonchev–Trinajstić information content (AvgIpc) is 3.82. The molecule has 5 nitrogen and oxygen atoms in total. The molecule has 0 saturated heterocycles. The fourth-order valence-corrected chi connectivity index (χ4v) is 8.95. The van der Waals surface area contributed by atoms with Gasteiger partial charge >= 0.3 is 0 Å². The van der Waals surface area contributed by atoms with Gasteiger partial charge in [-0.25, -0.2) is 0 Å². The summed E-state index contributed by atoms with van der Waals surface area (Å²) in [6.07, 6.45) is 0. The number of para-hydroxylation sites is 4. The molecule has 0 saturated carbocycles. The number of fused-ring (bicyclic) bond motifs is 11. The zero-order chi connectivity index (χ0) is 32.9. The molecule has 11 rings (SSSR count). The molecular formula is C44H26N4OS. The molecule has 11 aromatic rings. The van der Waals surface area contributed by atoms with Gasteiger partial charge in [-0.2, -0.15) is 4.98 Å². The highest BCUT2D eigenvalue weighted by Crippen LogP contribution is 2.39. The Bertz CT molecular complexity index is 3240. The van der Waals surface area contributed by atoms with Crippen LogP contribution in [-0.2, 0) is 0 Å². The van der Waals surface area contributed by atoms with E-state index in [-0.39, 0.29) is 5.56 Å². The third-order valence-corrected chi connectivity index (χ3v) is 11.1. The second-order valence-corrected chi connectivity index (χ2v) is 13.8. The van der Waals surface area contributed by atoms with Gasteiger partial charge in [0.2, 0.25) is 0 Å². The molecule has 0 aliphatic carbocycles. The molecular weight excluding hydrogens is 633 g/mol. The summed E-state index contributed by atoms with van der Waals surface area (Å²) in [5, 5.41) is 5.54. The minimum atomic E-state index is -0.188. The molecule has 4 aromatic heterocycles. The zero-order valence-electron chi connectivity index (χ0n) is 26.6. The number of thiazole rings is 1. The van der Waals surface area contributed by atoms with Crippen molar-refractivity contribution in [2.24, 2.45) is 0 Å². The van der Waals surface area contributed by atoms with Crippen LogP contribution in [0.2, 0.25) is 0 Å². The highest BCUT2D eigenvalue weighted by Gasteiger charge is 2.17. The van der Waals surface area contributed by atoms with Crippen LogP contribution in [0.5, 0.6) is 0 Å². The normalized spacial score (nSPS) is 12.1. The Morgan fingerprint density at radius 1 is 0.420 bits per heavy atom. The van der Waals surface area contributed by atoms with Gasteiger partial charge in [0.25, 0.3) is 5.56 Å². The lowest BCUT2D eigenvalue weighted by atomic mass is 10.0. The zero-order valence-corrected chi connectivity index (χ0v) is 27.4. The summed E-state index contributed by atoms with van der Waals surface area (Å²) in [7, 11) is 0. The lowest BCUT2D eigenvalue weighted by Gasteiger charge is -2.10. The van der Waals surface area contributed by atoms with Crippen LogP contribution >= 0.6 is 11.3 Å². The molecule has 4 heterocycles. The maximum Gasteiger partial charge on any atom is 0.281 e. The van der Waals surface area contributed by atoms with Crippen LogP contribution in [0.3, 0.4) is 0 Å². The van der Waals surface area contributed by atoms with E-state index in [1.807, 2.05) is 24.3 Å². The quantitative estimate of drug-likeness (QED) is 0.190. The summed E-state index contributed by atoms with van der Waals surface area (Å²) in [5.41, 5.74) is 11.0. The van der Waals surface area contributed by atoms with E-state index in [1.165, 1.54) is 43.7 Å². The Kier molecular flexibility index (Phi) is 5.63. The van der Waals surface area contributed by atoms with Crippen LogP contribution in [0.15, 0.2) is 163 Å². The van der Waals surface area contributed by atoms with Crippen molar-refractivity contribution in [2.45, 2.75) is 0 Å². The van der Waals surface area contributed by atoms with Gasteiger partial charge in [0.05, 0.1) is 43.2 Å². The van der Waals surface area contributed by atoms with E-state index in [0.717, 1.165) is 38.1 Å². The van der Waals surface area contributed by atoms with E-state index in [2.05, 4.69) is 152 Å². The van der Waals surface area contributed by atoms with Crippen LogP contribution < -0.4 is 5.56 Å². The van der Waals surface area contributed by atoms with Crippen LogP contribution in [0.4, 0.5) is 0 Å². The molecule has 0 amide bonds. The molecule has 0 radical (unpaired) electrons. The average molecular weight is 659 g/mol. The molecule has 7 aromatic carbocycles. The van der Waals surface area contributed by atoms with Crippen molar-refractivity contribution in [3.05, 3.63) is 168 Å². The van der Waals surface area contributed by atoms with Gasteiger partial charge in [0.1, 0.15) is 0 Å². The lowest BCUT2D eigenvalue weighted by Crippen LogP contribution is -2.08. The number of hydrogen-bond acceptors (Lipinski definition) is 3. The summed E-state index contributed by atoms with van der Waals surface area (Å²) in [6, 6.07) is 55.9. The van der Waals surface area contributed by atoms with Gasteiger partial charge in [-0.15, -0.1) is 0 Å². The first-order valence-electron chi connectivity index (χ1n) is 16.7. The van der Waals surface area contributed by atoms with Crippen molar-refractivity contribution in [1.82, 2.24) is 18.5 Å². The van der Waals surface area contributed by atoms with Crippen LogP contribution in [0, 0.1) is 0 Å². The van der Waals surface area contributed by atoms with Crippen LogP contribution in [-0.4, -0.2) is 18.5 Å². The molecule has 0 bridgehead atoms. The molecule has 0 fully saturated rings. The Balaban J connectivity index is 1.10. The highest BCUT2D eigenvalue weighted by atomic mass is 32.1. The van der Waals surface area contributed by atoms with E-state index in [0.29, 0.717) is 10.3 Å². The highest BCUT2D eigenvalue weighted by molar-refractivity contribution is 7.23. The van der Waals surface area contributed by atoms with Crippen molar-refractivity contribution >= 4 is 81.0 Å². The van der Waals surface area contributed by atoms with E-state index >= 15 is 0 Å². The van der Waals surface area contributed by atoms with Gasteiger partial charge in [0, 0.05) is 32.9 Å². The number of rotatable bonds is 3. The smallest absolute Gasteiger partial charge is 0.281 e. The fraction of sp³-hybridized carbons (Fsp3) is 0. The van der Waals surface area contributed by atoms with Crippen LogP contribution in [0.25, 0.3) is 92.2 Å². The maximum atomic E-state index is 12.8. The first-order valence-corrected chi connectivity index (χ1v) is 17.5. The minimum Gasteiger partial charge on any atom is -0.309 e. The summed E-state index contributed by atoms with van der Waals surface area (Å²) in [4.78, 5) is 18.0. The first-order chi connectivity index (χ1) is 24.7. The van der Waals surface area contributed by atoms with Gasteiger partial charge in [0.15, 0.2) is 4.96 Å². The molecule has 0 spiro atoms. The summed E-state index contributed by atoms with van der Waals surface area (Å²) >= 11 is 1.55. The summed E-state index contributed by atoms with van der Waals surface area (Å²) in [6.45, 7) is 0. The third kappa shape index (κ3) is 3.82. The summed E-state index contributed by atoms with van der Waals surface area (Å²) < 4.78 is 7.89. The lowest BCUT2D eigenvalue weighted by molar-refractivity contribution is 1.18. The Labute approximate surface area is 289 Å². The first kappa shape index (κ1) is 27.5. The fourth-order valence-electron chi connectivity index (χ4n) is 7.90. The number of nitrogens with zero attached hydrogens (tertiary/aromatic N) is 4. The van der Waals surface area contributed by atoms with Crippen LogP contribution in [0.1, 0.15) is 0 Å². The maximum absolute atomic E-state index is 12.8. The molecule has 6 heteroatoms. The van der Waals surface area contributed by atoms with Crippen molar-refractivity contribution < 1.29 is 0 Å². The Morgan fingerprint density at radius 2 is 0.940 bits per heavy atom. The SMILES string of the molecule is O=c1nc2sc3cc(-n4c5ccccc5c5cc(-c6ccc7c(c6)c6ccccc6n7-c6ccccc6)ccc54)ccc3n2c2ccccc12.